The van der Waals surface area contributed by atoms with Crippen LogP contribution in [0.15, 0.2) is 23.0 Å². The van der Waals surface area contributed by atoms with Crippen LogP contribution in [-0.2, 0) is 11.2 Å². The average Bonchev–Trinajstić information content (AvgIpc) is 2.75. The molecule has 2 rings (SSSR count). The summed E-state index contributed by atoms with van der Waals surface area (Å²) in [5.41, 5.74) is 0.953. The highest BCUT2D eigenvalue weighted by Crippen LogP contribution is 2.17. The molecule has 0 aliphatic rings. The molecule has 6 nitrogen and oxygen atoms in total. The Morgan fingerprint density at radius 1 is 1.42 bits per heavy atom. The van der Waals surface area contributed by atoms with Gasteiger partial charge in [-0.15, -0.1) is 0 Å². The monoisotopic (exact) mass is 268 g/mol. The third-order valence-electron chi connectivity index (χ3n) is 2.37. The van der Waals surface area contributed by atoms with E-state index >= 15 is 0 Å². The van der Waals surface area contributed by atoms with E-state index in [1.807, 2.05) is 0 Å². The lowest BCUT2D eigenvalue weighted by atomic mass is 10.2. The van der Waals surface area contributed by atoms with Crippen molar-refractivity contribution in [2.45, 2.75) is 19.8 Å². The largest absolute Gasteiger partial charge is 0.324 e. The predicted octanol–water partition coefficient (Wildman–Crippen LogP) is 1.89. The summed E-state index contributed by atoms with van der Waals surface area (Å²) in [6.07, 6.45) is -1.47. The highest BCUT2D eigenvalue weighted by atomic mass is 19.3. The number of pyridine rings is 1. The van der Waals surface area contributed by atoms with Crippen LogP contribution in [0.25, 0.3) is 0 Å². The Bertz CT molecular complexity index is 568. The summed E-state index contributed by atoms with van der Waals surface area (Å²) in [6.45, 7) is 1.66. The number of halogens is 2. The first-order valence-corrected chi connectivity index (χ1v) is 5.38. The van der Waals surface area contributed by atoms with Crippen LogP contribution in [0, 0.1) is 6.92 Å². The van der Waals surface area contributed by atoms with Crippen LogP contribution in [0.4, 0.5) is 14.5 Å². The number of aromatic nitrogens is 3. The van der Waals surface area contributed by atoms with E-state index in [0.29, 0.717) is 17.1 Å². The van der Waals surface area contributed by atoms with Crippen LogP contribution in [0.1, 0.15) is 23.5 Å². The van der Waals surface area contributed by atoms with Gasteiger partial charge in [0.25, 0.3) is 6.43 Å². The molecule has 0 saturated carbocycles. The summed E-state index contributed by atoms with van der Waals surface area (Å²) in [7, 11) is 0. The molecular formula is C11H10F2N4O2. The van der Waals surface area contributed by atoms with Crippen molar-refractivity contribution in [3.63, 3.8) is 0 Å². The van der Waals surface area contributed by atoms with Crippen molar-refractivity contribution < 1.29 is 18.2 Å². The highest BCUT2D eigenvalue weighted by Gasteiger charge is 2.12. The second-order valence-corrected chi connectivity index (χ2v) is 3.79. The number of anilines is 1. The maximum Gasteiger partial charge on any atom is 0.280 e. The van der Waals surface area contributed by atoms with Gasteiger partial charge in [0.2, 0.25) is 5.91 Å². The topological polar surface area (TPSA) is 80.9 Å². The van der Waals surface area contributed by atoms with Gasteiger partial charge in [0.1, 0.15) is 17.1 Å². The Hall–Kier alpha value is -2.38. The van der Waals surface area contributed by atoms with E-state index in [4.69, 9.17) is 0 Å². The highest BCUT2D eigenvalue weighted by molar-refractivity contribution is 5.91. The minimum Gasteiger partial charge on any atom is -0.324 e. The summed E-state index contributed by atoms with van der Waals surface area (Å²) >= 11 is 0. The first-order valence-electron chi connectivity index (χ1n) is 5.38. The molecule has 0 aromatic carbocycles. The minimum atomic E-state index is -2.63. The van der Waals surface area contributed by atoms with Gasteiger partial charge in [-0.3, -0.25) is 9.78 Å². The molecule has 19 heavy (non-hydrogen) atoms. The predicted molar refractivity (Wildman–Crippen MR) is 60.6 cm³/mol. The van der Waals surface area contributed by atoms with E-state index in [0.717, 1.165) is 6.07 Å². The van der Waals surface area contributed by atoms with Gasteiger partial charge in [-0.25, -0.2) is 13.4 Å². The Kier molecular flexibility index (Phi) is 3.79. The van der Waals surface area contributed by atoms with E-state index in [2.05, 4.69) is 25.2 Å². The lowest BCUT2D eigenvalue weighted by molar-refractivity contribution is -0.115. The van der Waals surface area contributed by atoms with E-state index < -0.39 is 6.43 Å². The summed E-state index contributed by atoms with van der Waals surface area (Å²) in [6, 6.07) is 2.52. The molecule has 0 atom stereocenters. The Balaban J connectivity index is 1.97. The van der Waals surface area contributed by atoms with E-state index in [-0.39, 0.29) is 18.0 Å². The van der Waals surface area contributed by atoms with Gasteiger partial charge in [-0.2, -0.15) is 0 Å². The van der Waals surface area contributed by atoms with E-state index in [1.165, 1.54) is 12.3 Å². The summed E-state index contributed by atoms with van der Waals surface area (Å²) < 4.78 is 29.0. The van der Waals surface area contributed by atoms with Gasteiger partial charge in [0.05, 0.1) is 18.3 Å². The third kappa shape index (κ3) is 3.30. The van der Waals surface area contributed by atoms with Crippen LogP contribution in [0.5, 0.6) is 0 Å². The molecule has 100 valence electrons. The maximum atomic E-state index is 12.3. The Morgan fingerprint density at radius 3 is 2.74 bits per heavy atom. The van der Waals surface area contributed by atoms with Crippen LogP contribution in [0.2, 0.25) is 0 Å². The van der Waals surface area contributed by atoms with Gasteiger partial charge in [0, 0.05) is 0 Å². The van der Waals surface area contributed by atoms with Crippen molar-refractivity contribution in [3.05, 3.63) is 35.4 Å². The van der Waals surface area contributed by atoms with Gasteiger partial charge in [0.15, 0.2) is 0 Å². The molecule has 0 unspecified atom stereocenters. The van der Waals surface area contributed by atoms with Crippen molar-refractivity contribution in [1.29, 1.82) is 0 Å². The number of carbonyl (C=O) groups excluding carboxylic acids is 1. The number of nitrogens with zero attached hydrogens (tertiary/aromatic N) is 3. The molecule has 2 aromatic heterocycles. The fourth-order valence-corrected chi connectivity index (χ4v) is 1.38. The van der Waals surface area contributed by atoms with E-state index in [1.54, 1.807) is 6.92 Å². The number of amides is 1. The molecule has 0 fully saturated rings. The number of nitrogens with one attached hydrogen (secondary N) is 1. The molecule has 0 saturated heterocycles. The molecule has 0 bridgehead atoms. The lowest BCUT2D eigenvalue weighted by Gasteiger charge is -2.04. The smallest absolute Gasteiger partial charge is 0.280 e. The number of rotatable bonds is 4. The number of hydrogen-bond acceptors (Lipinski definition) is 5. The zero-order chi connectivity index (χ0) is 13.8. The molecule has 1 N–H and O–H groups in total. The molecule has 0 aliphatic carbocycles. The zero-order valence-corrected chi connectivity index (χ0v) is 9.93. The molecule has 1 amide bonds. The first-order chi connectivity index (χ1) is 9.06. The van der Waals surface area contributed by atoms with E-state index in [9.17, 15) is 13.6 Å². The minimum absolute atomic E-state index is 0.00800. The Labute approximate surface area is 106 Å². The van der Waals surface area contributed by atoms with Crippen molar-refractivity contribution in [2.24, 2.45) is 0 Å². The van der Waals surface area contributed by atoms with Crippen molar-refractivity contribution in [3.8, 4) is 0 Å². The molecule has 0 radical (unpaired) electrons. The van der Waals surface area contributed by atoms with Crippen molar-refractivity contribution in [1.82, 2.24) is 15.3 Å². The van der Waals surface area contributed by atoms with Gasteiger partial charge < -0.3 is 5.32 Å². The van der Waals surface area contributed by atoms with Crippen molar-refractivity contribution >= 4 is 11.6 Å². The number of hydrogen-bond donors (Lipinski definition) is 1. The van der Waals surface area contributed by atoms with Crippen LogP contribution in [0.3, 0.4) is 0 Å². The normalized spacial score (nSPS) is 10.7. The fraction of sp³-hybridized carbons (Fsp3) is 0.273. The second kappa shape index (κ2) is 5.51. The van der Waals surface area contributed by atoms with Crippen LogP contribution < -0.4 is 5.32 Å². The Morgan fingerprint density at radius 2 is 2.21 bits per heavy atom. The quantitative estimate of drug-likeness (QED) is 0.915. The van der Waals surface area contributed by atoms with Crippen molar-refractivity contribution in [2.75, 3.05) is 5.32 Å². The summed E-state index contributed by atoms with van der Waals surface area (Å²) in [4.78, 5) is 15.2. The molecule has 0 aliphatic heterocycles. The molecule has 2 aromatic rings. The fourth-order valence-electron chi connectivity index (χ4n) is 1.38. The first kappa shape index (κ1) is 13.1. The van der Waals surface area contributed by atoms with Gasteiger partial charge >= 0.3 is 0 Å². The zero-order valence-electron chi connectivity index (χ0n) is 9.93. The number of alkyl halides is 2. The number of carbonyl (C=O) groups is 1. The standard InChI is InChI=1S/C11H10F2N4O2/c1-6-9(17-19-16-6)4-10(18)15-7-2-3-8(11(12)13)14-5-7/h2-3,5,11H,4H2,1H3,(H,15,18). The second-order valence-electron chi connectivity index (χ2n) is 3.79. The number of aryl methyl sites for hydroxylation is 1. The average molecular weight is 268 g/mol. The molecule has 2 heterocycles. The molecule has 8 heteroatoms. The maximum absolute atomic E-state index is 12.3. The van der Waals surface area contributed by atoms with Crippen LogP contribution in [-0.4, -0.2) is 21.2 Å². The summed E-state index contributed by atoms with van der Waals surface area (Å²) in [5, 5.41) is 9.64. The molecular weight excluding hydrogens is 258 g/mol. The SMILES string of the molecule is Cc1nonc1CC(=O)Nc1ccc(C(F)F)nc1. The van der Waals surface area contributed by atoms with Crippen LogP contribution >= 0.6 is 0 Å². The molecule has 0 spiro atoms. The summed E-state index contributed by atoms with van der Waals surface area (Å²) in [5.74, 6) is -0.356. The van der Waals surface area contributed by atoms with Gasteiger partial charge in [-0.05, 0) is 19.1 Å². The lowest BCUT2D eigenvalue weighted by Crippen LogP contribution is -2.15. The van der Waals surface area contributed by atoms with Gasteiger partial charge in [-0.1, -0.05) is 10.3 Å². The third-order valence-corrected chi connectivity index (χ3v) is 2.37.